The molecule has 3 rings (SSSR count). The van der Waals surface area contributed by atoms with E-state index in [9.17, 15) is 9.59 Å². The second kappa shape index (κ2) is 11.7. The van der Waals surface area contributed by atoms with Gasteiger partial charge in [-0.25, -0.2) is 4.79 Å². The van der Waals surface area contributed by atoms with Crippen molar-refractivity contribution in [3.63, 3.8) is 0 Å². The molecule has 4 heteroatoms. The fraction of sp³-hybridized carbons (Fsp3) is 0.214. The number of aliphatic carboxylic acids is 1. The number of allylic oxidation sites excluding steroid dienone is 1. The van der Waals surface area contributed by atoms with Crippen molar-refractivity contribution in [3.05, 3.63) is 102 Å². The third kappa shape index (κ3) is 6.95. The molecule has 32 heavy (non-hydrogen) atoms. The molecule has 1 atom stereocenters. The van der Waals surface area contributed by atoms with Crippen LogP contribution in [-0.2, 0) is 11.2 Å². The quantitative estimate of drug-likeness (QED) is 0.339. The van der Waals surface area contributed by atoms with Crippen molar-refractivity contribution >= 4 is 18.0 Å². The summed E-state index contributed by atoms with van der Waals surface area (Å²) in [4.78, 5) is 22.0. The SMILES string of the molecule is O=C(O)CCCCC(C=Cc1ccccc1-c1ccccc1)Cc1ccc(C(=O)O)cc1. The fourth-order valence-corrected chi connectivity index (χ4v) is 3.80. The van der Waals surface area contributed by atoms with E-state index >= 15 is 0 Å². The van der Waals surface area contributed by atoms with E-state index < -0.39 is 11.9 Å². The van der Waals surface area contributed by atoms with Crippen LogP contribution in [0.3, 0.4) is 0 Å². The van der Waals surface area contributed by atoms with Crippen LogP contribution in [0.15, 0.2) is 84.9 Å². The zero-order valence-corrected chi connectivity index (χ0v) is 18.0. The van der Waals surface area contributed by atoms with Crippen LogP contribution in [0.5, 0.6) is 0 Å². The summed E-state index contributed by atoms with van der Waals surface area (Å²) in [6.07, 6.45) is 7.66. The number of aromatic carboxylic acids is 1. The van der Waals surface area contributed by atoms with Crippen LogP contribution in [0.1, 0.15) is 47.2 Å². The van der Waals surface area contributed by atoms with Gasteiger partial charge in [0.15, 0.2) is 0 Å². The summed E-state index contributed by atoms with van der Waals surface area (Å²) >= 11 is 0. The van der Waals surface area contributed by atoms with Crippen molar-refractivity contribution in [2.24, 2.45) is 5.92 Å². The van der Waals surface area contributed by atoms with Crippen LogP contribution in [-0.4, -0.2) is 22.2 Å². The van der Waals surface area contributed by atoms with Crippen molar-refractivity contribution in [3.8, 4) is 11.1 Å². The highest BCUT2D eigenvalue weighted by Gasteiger charge is 2.10. The number of hydrogen-bond acceptors (Lipinski definition) is 2. The van der Waals surface area contributed by atoms with Crippen LogP contribution < -0.4 is 0 Å². The van der Waals surface area contributed by atoms with Gasteiger partial charge in [-0.05, 0) is 59.6 Å². The number of rotatable bonds is 11. The molecule has 3 aromatic rings. The number of benzene rings is 3. The molecule has 1 unspecified atom stereocenters. The highest BCUT2D eigenvalue weighted by atomic mass is 16.4. The van der Waals surface area contributed by atoms with Crippen LogP contribution in [0.4, 0.5) is 0 Å². The lowest BCUT2D eigenvalue weighted by Crippen LogP contribution is -2.04. The van der Waals surface area contributed by atoms with Crippen molar-refractivity contribution in [2.75, 3.05) is 0 Å². The van der Waals surface area contributed by atoms with Gasteiger partial charge in [0.05, 0.1) is 5.56 Å². The van der Waals surface area contributed by atoms with Crippen molar-refractivity contribution in [1.29, 1.82) is 0 Å². The smallest absolute Gasteiger partial charge is 0.335 e. The highest BCUT2D eigenvalue weighted by Crippen LogP contribution is 2.26. The third-order valence-electron chi connectivity index (χ3n) is 5.51. The van der Waals surface area contributed by atoms with E-state index in [-0.39, 0.29) is 17.9 Å². The molecular weight excluding hydrogens is 400 g/mol. The van der Waals surface area contributed by atoms with Gasteiger partial charge >= 0.3 is 11.9 Å². The molecule has 0 fully saturated rings. The lowest BCUT2D eigenvalue weighted by molar-refractivity contribution is -0.137. The Morgan fingerprint density at radius 3 is 2.19 bits per heavy atom. The lowest BCUT2D eigenvalue weighted by Gasteiger charge is -2.14. The average Bonchev–Trinajstić information content (AvgIpc) is 2.81. The maximum Gasteiger partial charge on any atom is 0.335 e. The summed E-state index contributed by atoms with van der Waals surface area (Å²) in [6.45, 7) is 0. The molecular formula is C28H28O4. The topological polar surface area (TPSA) is 74.6 Å². The fourth-order valence-electron chi connectivity index (χ4n) is 3.80. The summed E-state index contributed by atoms with van der Waals surface area (Å²) in [6, 6.07) is 25.5. The minimum Gasteiger partial charge on any atom is -0.481 e. The van der Waals surface area contributed by atoms with Crippen LogP contribution in [0, 0.1) is 5.92 Å². The first-order valence-corrected chi connectivity index (χ1v) is 10.9. The van der Waals surface area contributed by atoms with Crippen LogP contribution in [0.25, 0.3) is 17.2 Å². The number of carboxylic acid groups (broad SMARTS) is 2. The van der Waals surface area contributed by atoms with Gasteiger partial charge in [0.1, 0.15) is 0 Å². The summed E-state index contributed by atoms with van der Waals surface area (Å²) < 4.78 is 0. The molecule has 0 amide bonds. The minimum atomic E-state index is -0.931. The van der Waals surface area contributed by atoms with Crippen molar-refractivity contribution in [1.82, 2.24) is 0 Å². The third-order valence-corrected chi connectivity index (χ3v) is 5.51. The molecule has 0 aliphatic rings. The van der Waals surface area contributed by atoms with Crippen LogP contribution >= 0.6 is 0 Å². The Labute approximate surface area is 188 Å². The van der Waals surface area contributed by atoms with Gasteiger partial charge < -0.3 is 10.2 Å². The van der Waals surface area contributed by atoms with E-state index in [1.54, 1.807) is 12.1 Å². The number of carboxylic acids is 2. The Hall–Kier alpha value is -3.66. The lowest BCUT2D eigenvalue weighted by atomic mass is 9.91. The second-order valence-electron chi connectivity index (χ2n) is 7.92. The Kier molecular flexibility index (Phi) is 8.38. The monoisotopic (exact) mass is 428 g/mol. The normalized spacial score (nSPS) is 12.0. The van der Waals surface area contributed by atoms with E-state index in [1.165, 1.54) is 5.56 Å². The van der Waals surface area contributed by atoms with Crippen molar-refractivity contribution < 1.29 is 19.8 Å². The minimum absolute atomic E-state index is 0.181. The Balaban J connectivity index is 1.78. The first kappa shape index (κ1) is 23.0. The number of hydrogen-bond donors (Lipinski definition) is 2. The molecule has 2 N–H and O–H groups in total. The standard InChI is InChI=1S/C28H28O4/c29-27(30)13-7-4-8-21(20-22-15-18-25(19-16-22)28(31)32)14-17-24-11-5-6-12-26(24)23-9-2-1-3-10-23/h1-3,5-6,9-12,14-19,21H,4,7-8,13,20H2,(H,29,30)(H,31,32). The van der Waals surface area contributed by atoms with Gasteiger partial charge in [0.2, 0.25) is 0 Å². The maximum atomic E-state index is 11.1. The average molecular weight is 429 g/mol. The van der Waals surface area contributed by atoms with Crippen LogP contribution in [0.2, 0.25) is 0 Å². The predicted octanol–water partition coefficient (Wildman–Crippen LogP) is 6.57. The van der Waals surface area contributed by atoms with E-state index in [1.807, 2.05) is 42.5 Å². The first-order valence-electron chi connectivity index (χ1n) is 10.9. The Morgan fingerprint density at radius 2 is 1.50 bits per heavy atom. The van der Waals surface area contributed by atoms with Gasteiger partial charge in [0.25, 0.3) is 0 Å². The highest BCUT2D eigenvalue weighted by molar-refractivity contribution is 5.87. The molecule has 0 radical (unpaired) electrons. The largest absolute Gasteiger partial charge is 0.481 e. The molecule has 0 spiro atoms. The Bertz CT molecular complexity index is 1050. The zero-order chi connectivity index (χ0) is 22.8. The molecule has 0 aromatic heterocycles. The summed E-state index contributed by atoms with van der Waals surface area (Å²) in [5, 5.41) is 18.0. The van der Waals surface area contributed by atoms with Crippen molar-refractivity contribution in [2.45, 2.75) is 32.1 Å². The first-order chi connectivity index (χ1) is 15.5. The molecule has 0 aliphatic carbocycles. The zero-order valence-electron chi connectivity index (χ0n) is 18.0. The van der Waals surface area contributed by atoms with Gasteiger partial charge in [-0.15, -0.1) is 0 Å². The van der Waals surface area contributed by atoms with E-state index in [4.69, 9.17) is 10.2 Å². The summed E-state index contributed by atoms with van der Waals surface area (Å²) in [7, 11) is 0. The molecule has 164 valence electrons. The Morgan fingerprint density at radius 1 is 0.812 bits per heavy atom. The van der Waals surface area contributed by atoms with Gasteiger partial charge in [0, 0.05) is 6.42 Å². The van der Waals surface area contributed by atoms with E-state index in [2.05, 4.69) is 36.4 Å². The van der Waals surface area contributed by atoms with Gasteiger partial charge in [-0.2, -0.15) is 0 Å². The molecule has 0 bridgehead atoms. The van der Waals surface area contributed by atoms with Gasteiger partial charge in [-0.1, -0.05) is 85.3 Å². The predicted molar refractivity (Wildman–Crippen MR) is 128 cm³/mol. The number of unbranched alkanes of at least 4 members (excludes halogenated alkanes) is 1. The molecule has 4 nitrogen and oxygen atoms in total. The molecule has 0 saturated heterocycles. The summed E-state index contributed by atoms with van der Waals surface area (Å²) in [5.74, 6) is -1.47. The van der Waals surface area contributed by atoms with E-state index in [0.717, 1.165) is 36.0 Å². The second-order valence-corrected chi connectivity index (χ2v) is 7.92. The molecule has 0 heterocycles. The maximum absolute atomic E-state index is 11.1. The molecule has 0 aliphatic heterocycles. The van der Waals surface area contributed by atoms with Gasteiger partial charge in [-0.3, -0.25) is 4.79 Å². The summed E-state index contributed by atoms with van der Waals surface area (Å²) in [5.41, 5.74) is 4.81. The molecule has 3 aromatic carbocycles. The number of carbonyl (C=O) groups is 2. The molecule has 0 saturated carbocycles. The van der Waals surface area contributed by atoms with E-state index in [0.29, 0.717) is 6.42 Å².